The number of hydrogen-bond acceptors (Lipinski definition) is 2. The van der Waals surface area contributed by atoms with Crippen LogP contribution in [0.1, 0.15) is 36.8 Å². The highest BCUT2D eigenvalue weighted by molar-refractivity contribution is 5.84. The Hall–Kier alpha value is -2.13. The van der Waals surface area contributed by atoms with Crippen molar-refractivity contribution in [1.82, 2.24) is 4.90 Å². The summed E-state index contributed by atoms with van der Waals surface area (Å²) in [6.07, 6.45) is 0. The van der Waals surface area contributed by atoms with E-state index in [0.717, 1.165) is 5.56 Å². The van der Waals surface area contributed by atoms with Gasteiger partial charge in [-0.1, -0.05) is 74.5 Å². The highest BCUT2D eigenvalue weighted by atomic mass is 16.2. The molecule has 0 saturated carbocycles. The zero-order chi connectivity index (χ0) is 17.1. The third-order valence-electron chi connectivity index (χ3n) is 5.00. The van der Waals surface area contributed by atoms with Crippen molar-refractivity contribution < 1.29 is 4.79 Å². The van der Waals surface area contributed by atoms with Crippen molar-refractivity contribution in [2.45, 2.75) is 31.7 Å². The molecule has 1 fully saturated rings. The van der Waals surface area contributed by atoms with E-state index in [2.05, 4.69) is 26.0 Å². The predicted octanol–water partition coefficient (Wildman–Crippen LogP) is 3.38. The van der Waals surface area contributed by atoms with Gasteiger partial charge in [-0.25, -0.2) is 0 Å². The molecule has 3 heteroatoms. The second kappa shape index (κ2) is 7.18. The first-order valence-electron chi connectivity index (χ1n) is 8.72. The SMILES string of the molecule is CC(C)C(C(=O)N1C[C@@H](N)[C@H](c2ccccc2)C1)c1ccccc1. The molecule has 0 aromatic heterocycles. The molecule has 24 heavy (non-hydrogen) atoms. The standard InChI is InChI=1S/C21H26N2O/c1-15(2)20(17-11-7-4-8-12-17)21(24)23-13-18(19(22)14-23)16-9-5-3-6-10-16/h3-12,15,18-20H,13-14,22H2,1-2H3/t18-,19+,20?/m0/s1. The van der Waals surface area contributed by atoms with Gasteiger partial charge in [-0.05, 0) is 17.0 Å². The van der Waals surface area contributed by atoms with Gasteiger partial charge in [-0.3, -0.25) is 4.79 Å². The van der Waals surface area contributed by atoms with Crippen LogP contribution in [0.2, 0.25) is 0 Å². The van der Waals surface area contributed by atoms with Gasteiger partial charge in [-0.15, -0.1) is 0 Å². The van der Waals surface area contributed by atoms with Crippen LogP contribution in [0, 0.1) is 5.92 Å². The number of hydrogen-bond donors (Lipinski definition) is 1. The number of benzene rings is 2. The van der Waals surface area contributed by atoms with Gasteiger partial charge in [0.15, 0.2) is 0 Å². The van der Waals surface area contributed by atoms with Crippen LogP contribution >= 0.6 is 0 Å². The van der Waals surface area contributed by atoms with Crippen LogP contribution in [0.5, 0.6) is 0 Å². The largest absolute Gasteiger partial charge is 0.340 e. The van der Waals surface area contributed by atoms with Crippen LogP contribution in [0.3, 0.4) is 0 Å². The maximum atomic E-state index is 13.2. The van der Waals surface area contributed by atoms with E-state index in [4.69, 9.17) is 5.73 Å². The summed E-state index contributed by atoms with van der Waals surface area (Å²) in [7, 11) is 0. The molecule has 0 spiro atoms. The van der Waals surface area contributed by atoms with Crippen LogP contribution in [0.4, 0.5) is 0 Å². The molecule has 3 atom stereocenters. The molecule has 1 amide bonds. The van der Waals surface area contributed by atoms with Gasteiger partial charge >= 0.3 is 0 Å². The fraction of sp³-hybridized carbons (Fsp3) is 0.381. The second-order valence-electron chi connectivity index (χ2n) is 7.06. The zero-order valence-electron chi connectivity index (χ0n) is 14.4. The first-order valence-corrected chi connectivity index (χ1v) is 8.72. The average Bonchev–Trinajstić information content (AvgIpc) is 2.98. The lowest BCUT2D eigenvalue weighted by Crippen LogP contribution is -2.37. The maximum absolute atomic E-state index is 13.2. The smallest absolute Gasteiger partial charge is 0.230 e. The Morgan fingerprint density at radius 2 is 1.58 bits per heavy atom. The van der Waals surface area contributed by atoms with Gasteiger partial charge in [0.1, 0.15) is 0 Å². The van der Waals surface area contributed by atoms with Crippen molar-refractivity contribution in [2.24, 2.45) is 11.7 Å². The molecule has 3 rings (SSSR count). The Bertz CT molecular complexity index is 669. The van der Waals surface area contributed by atoms with Crippen molar-refractivity contribution in [1.29, 1.82) is 0 Å². The van der Waals surface area contributed by atoms with E-state index in [1.165, 1.54) is 5.56 Å². The van der Waals surface area contributed by atoms with Crippen LogP contribution in [0.15, 0.2) is 60.7 Å². The fourth-order valence-electron chi connectivity index (χ4n) is 3.73. The molecule has 2 N–H and O–H groups in total. The summed E-state index contributed by atoms with van der Waals surface area (Å²) in [5.74, 6) is 0.573. The van der Waals surface area contributed by atoms with Gasteiger partial charge in [0.25, 0.3) is 0 Å². The van der Waals surface area contributed by atoms with E-state index in [9.17, 15) is 4.79 Å². The Balaban J connectivity index is 1.80. The molecule has 1 unspecified atom stereocenters. The van der Waals surface area contributed by atoms with E-state index < -0.39 is 0 Å². The quantitative estimate of drug-likeness (QED) is 0.938. The summed E-state index contributed by atoms with van der Waals surface area (Å²) in [5, 5.41) is 0. The van der Waals surface area contributed by atoms with E-state index in [1.54, 1.807) is 0 Å². The van der Waals surface area contributed by atoms with Crippen LogP contribution in [-0.4, -0.2) is 29.9 Å². The first-order chi connectivity index (χ1) is 11.6. The van der Waals surface area contributed by atoms with E-state index in [0.29, 0.717) is 13.1 Å². The minimum Gasteiger partial charge on any atom is -0.340 e. The Morgan fingerprint density at radius 1 is 1.00 bits per heavy atom. The summed E-state index contributed by atoms with van der Waals surface area (Å²) < 4.78 is 0. The van der Waals surface area contributed by atoms with Crippen molar-refractivity contribution in [3.8, 4) is 0 Å². The lowest BCUT2D eigenvalue weighted by atomic mass is 9.87. The van der Waals surface area contributed by atoms with Gasteiger partial charge in [0, 0.05) is 25.0 Å². The highest BCUT2D eigenvalue weighted by Gasteiger charge is 2.37. The topological polar surface area (TPSA) is 46.3 Å². The van der Waals surface area contributed by atoms with Crippen molar-refractivity contribution >= 4 is 5.91 Å². The van der Waals surface area contributed by atoms with Crippen LogP contribution in [-0.2, 0) is 4.79 Å². The van der Waals surface area contributed by atoms with E-state index in [1.807, 2.05) is 53.4 Å². The molecule has 1 saturated heterocycles. The third kappa shape index (κ3) is 3.36. The van der Waals surface area contributed by atoms with Crippen molar-refractivity contribution in [2.75, 3.05) is 13.1 Å². The summed E-state index contributed by atoms with van der Waals surface area (Å²) in [5.41, 5.74) is 8.68. The van der Waals surface area contributed by atoms with Gasteiger partial charge in [-0.2, -0.15) is 0 Å². The molecule has 0 radical (unpaired) electrons. The Kier molecular flexibility index (Phi) is 5.00. The van der Waals surface area contributed by atoms with E-state index in [-0.39, 0.29) is 29.7 Å². The molecular weight excluding hydrogens is 296 g/mol. The number of amides is 1. The summed E-state index contributed by atoms with van der Waals surface area (Å²) in [6, 6.07) is 20.4. The zero-order valence-corrected chi connectivity index (χ0v) is 14.4. The number of carbonyl (C=O) groups is 1. The average molecular weight is 322 g/mol. The second-order valence-corrected chi connectivity index (χ2v) is 7.06. The van der Waals surface area contributed by atoms with Crippen molar-refractivity contribution in [3.05, 3.63) is 71.8 Å². The van der Waals surface area contributed by atoms with Gasteiger partial charge in [0.2, 0.25) is 5.91 Å². The number of carbonyl (C=O) groups excluding carboxylic acids is 1. The minimum atomic E-state index is -0.104. The van der Waals surface area contributed by atoms with Gasteiger partial charge in [0.05, 0.1) is 5.92 Å². The first kappa shape index (κ1) is 16.7. The molecular formula is C21H26N2O. The monoisotopic (exact) mass is 322 g/mol. The third-order valence-corrected chi connectivity index (χ3v) is 5.00. The normalized spacial score (nSPS) is 21.9. The molecule has 1 aliphatic heterocycles. The van der Waals surface area contributed by atoms with E-state index >= 15 is 0 Å². The number of nitrogens with two attached hydrogens (primary N) is 1. The van der Waals surface area contributed by atoms with Gasteiger partial charge < -0.3 is 10.6 Å². The number of nitrogens with zero attached hydrogens (tertiary/aromatic N) is 1. The summed E-state index contributed by atoms with van der Waals surface area (Å²) >= 11 is 0. The maximum Gasteiger partial charge on any atom is 0.230 e. The highest BCUT2D eigenvalue weighted by Crippen LogP contribution is 2.32. The van der Waals surface area contributed by atoms with Crippen LogP contribution < -0.4 is 5.73 Å². The summed E-state index contributed by atoms with van der Waals surface area (Å²) in [4.78, 5) is 15.1. The minimum absolute atomic E-state index is 0.0000596. The molecule has 1 aliphatic rings. The van der Waals surface area contributed by atoms with Crippen LogP contribution in [0.25, 0.3) is 0 Å². The molecule has 0 aliphatic carbocycles. The molecule has 2 aromatic rings. The lowest BCUT2D eigenvalue weighted by Gasteiger charge is -2.26. The van der Waals surface area contributed by atoms with Crippen molar-refractivity contribution in [3.63, 3.8) is 0 Å². The molecule has 1 heterocycles. The molecule has 3 nitrogen and oxygen atoms in total. The Morgan fingerprint density at radius 3 is 2.17 bits per heavy atom. The molecule has 0 bridgehead atoms. The molecule has 126 valence electrons. The number of likely N-dealkylation sites (tertiary alicyclic amines) is 1. The summed E-state index contributed by atoms with van der Waals surface area (Å²) in [6.45, 7) is 5.56. The fourth-order valence-corrected chi connectivity index (χ4v) is 3.73. The predicted molar refractivity (Wildman–Crippen MR) is 97.8 cm³/mol. The number of rotatable bonds is 4. The molecule has 2 aromatic carbocycles. The Labute approximate surface area is 144 Å². The lowest BCUT2D eigenvalue weighted by molar-refractivity contribution is -0.132.